The summed E-state index contributed by atoms with van der Waals surface area (Å²) in [5.74, 6) is 0.514. The van der Waals surface area contributed by atoms with Crippen molar-refractivity contribution in [2.75, 3.05) is 0 Å². The van der Waals surface area contributed by atoms with Gasteiger partial charge in [-0.3, -0.25) is 9.55 Å². The van der Waals surface area contributed by atoms with Gasteiger partial charge in [0.05, 0.1) is 5.69 Å². The SMILES string of the molecule is Cc1nc(Cl)c2c(n1)[nH]c(=O)n2-c1cccc(Br)c1. The Morgan fingerprint density at radius 3 is 2.89 bits per heavy atom. The Morgan fingerprint density at radius 1 is 1.37 bits per heavy atom. The molecule has 0 aliphatic rings. The van der Waals surface area contributed by atoms with Crippen LogP contribution in [0.4, 0.5) is 0 Å². The Kier molecular flexibility index (Phi) is 2.91. The van der Waals surface area contributed by atoms with E-state index in [1.54, 1.807) is 6.92 Å². The Balaban J connectivity index is 2.42. The number of aromatic amines is 1. The number of imidazole rings is 1. The van der Waals surface area contributed by atoms with Gasteiger partial charge in [-0.25, -0.2) is 14.8 Å². The summed E-state index contributed by atoms with van der Waals surface area (Å²) < 4.78 is 2.33. The Hall–Kier alpha value is -1.66. The van der Waals surface area contributed by atoms with Gasteiger partial charge in [0.25, 0.3) is 0 Å². The van der Waals surface area contributed by atoms with E-state index in [2.05, 4.69) is 30.9 Å². The molecule has 2 aromatic heterocycles. The second-order valence-corrected chi connectivity index (χ2v) is 5.28. The van der Waals surface area contributed by atoms with Crippen LogP contribution >= 0.6 is 27.5 Å². The molecule has 0 bridgehead atoms. The fourth-order valence-corrected chi connectivity index (χ4v) is 2.62. The number of hydrogen-bond donors (Lipinski definition) is 1. The van der Waals surface area contributed by atoms with Gasteiger partial charge in [0, 0.05) is 4.47 Å². The van der Waals surface area contributed by atoms with Gasteiger partial charge in [-0.1, -0.05) is 33.6 Å². The summed E-state index contributed by atoms with van der Waals surface area (Å²) in [5, 5.41) is 0.251. The topological polar surface area (TPSA) is 63.6 Å². The molecule has 3 aromatic rings. The first-order chi connectivity index (χ1) is 9.06. The highest BCUT2D eigenvalue weighted by atomic mass is 79.9. The lowest BCUT2D eigenvalue weighted by molar-refractivity contribution is 1.01. The normalized spacial score (nSPS) is 11.1. The van der Waals surface area contributed by atoms with Crippen molar-refractivity contribution in [2.24, 2.45) is 0 Å². The average Bonchev–Trinajstić information content (AvgIpc) is 2.65. The largest absolute Gasteiger partial charge is 0.332 e. The van der Waals surface area contributed by atoms with Gasteiger partial charge in [-0.05, 0) is 25.1 Å². The van der Waals surface area contributed by atoms with Crippen molar-refractivity contribution in [2.45, 2.75) is 6.92 Å². The fourth-order valence-electron chi connectivity index (χ4n) is 1.94. The van der Waals surface area contributed by atoms with Gasteiger partial charge >= 0.3 is 5.69 Å². The van der Waals surface area contributed by atoms with Gasteiger partial charge in [0.15, 0.2) is 10.8 Å². The molecule has 0 amide bonds. The van der Waals surface area contributed by atoms with Gasteiger partial charge in [0.2, 0.25) is 0 Å². The molecule has 0 saturated carbocycles. The van der Waals surface area contributed by atoms with E-state index in [1.807, 2.05) is 24.3 Å². The number of fused-ring (bicyclic) bond motifs is 1. The summed E-state index contributed by atoms with van der Waals surface area (Å²) in [5.41, 5.74) is 1.31. The van der Waals surface area contributed by atoms with Crippen molar-refractivity contribution in [1.29, 1.82) is 0 Å². The molecule has 1 aromatic carbocycles. The van der Waals surface area contributed by atoms with Crippen LogP contribution in [0, 0.1) is 6.92 Å². The van der Waals surface area contributed by atoms with Crippen LogP contribution in [0.15, 0.2) is 33.5 Å². The number of nitrogens with zero attached hydrogens (tertiary/aromatic N) is 3. The molecule has 0 fully saturated rings. The minimum Gasteiger partial charge on any atom is -0.290 e. The molecule has 7 heteroatoms. The molecule has 19 heavy (non-hydrogen) atoms. The van der Waals surface area contributed by atoms with Crippen molar-refractivity contribution in [3.8, 4) is 5.69 Å². The van der Waals surface area contributed by atoms with Crippen LogP contribution in [0.1, 0.15) is 5.82 Å². The molecule has 0 aliphatic heterocycles. The molecule has 3 rings (SSSR count). The number of aromatic nitrogens is 4. The second kappa shape index (κ2) is 4.47. The summed E-state index contributed by atoms with van der Waals surface area (Å²) in [4.78, 5) is 23.0. The third kappa shape index (κ3) is 2.06. The first-order valence-corrected chi connectivity index (χ1v) is 6.64. The second-order valence-electron chi connectivity index (χ2n) is 4.00. The number of H-pyrrole nitrogens is 1. The highest BCUT2D eigenvalue weighted by molar-refractivity contribution is 9.10. The number of benzene rings is 1. The molecule has 0 unspecified atom stereocenters. The summed E-state index contributed by atoms with van der Waals surface area (Å²) in [6, 6.07) is 7.36. The Labute approximate surface area is 121 Å². The maximum absolute atomic E-state index is 12.1. The molecule has 0 radical (unpaired) electrons. The van der Waals surface area contributed by atoms with Crippen molar-refractivity contribution in [3.63, 3.8) is 0 Å². The van der Waals surface area contributed by atoms with Crippen molar-refractivity contribution < 1.29 is 0 Å². The van der Waals surface area contributed by atoms with E-state index >= 15 is 0 Å². The summed E-state index contributed by atoms with van der Waals surface area (Å²) >= 11 is 9.50. The number of aryl methyl sites for hydroxylation is 1. The van der Waals surface area contributed by atoms with E-state index in [-0.39, 0.29) is 10.8 Å². The van der Waals surface area contributed by atoms with E-state index < -0.39 is 0 Å². The molecule has 5 nitrogen and oxygen atoms in total. The van der Waals surface area contributed by atoms with E-state index in [0.29, 0.717) is 22.7 Å². The van der Waals surface area contributed by atoms with Crippen LogP contribution in [0.2, 0.25) is 5.15 Å². The summed E-state index contributed by atoms with van der Waals surface area (Å²) in [6.45, 7) is 1.72. The zero-order valence-electron chi connectivity index (χ0n) is 9.82. The van der Waals surface area contributed by atoms with Crippen LogP contribution in [-0.4, -0.2) is 19.5 Å². The zero-order valence-corrected chi connectivity index (χ0v) is 12.2. The van der Waals surface area contributed by atoms with E-state index in [9.17, 15) is 4.79 Å². The van der Waals surface area contributed by atoms with Gasteiger partial charge in [-0.15, -0.1) is 0 Å². The first kappa shape index (κ1) is 12.4. The van der Waals surface area contributed by atoms with Gasteiger partial charge in [-0.2, -0.15) is 0 Å². The highest BCUT2D eigenvalue weighted by Gasteiger charge is 2.14. The molecule has 0 saturated heterocycles. The lowest BCUT2D eigenvalue weighted by Crippen LogP contribution is -2.14. The van der Waals surface area contributed by atoms with Crippen molar-refractivity contribution in [3.05, 3.63) is 50.2 Å². The quantitative estimate of drug-likeness (QED) is 0.693. The van der Waals surface area contributed by atoms with Crippen LogP contribution in [0.25, 0.3) is 16.9 Å². The predicted molar refractivity (Wildman–Crippen MR) is 76.9 cm³/mol. The third-order valence-electron chi connectivity index (χ3n) is 2.67. The monoisotopic (exact) mass is 338 g/mol. The summed E-state index contributed by atoms with van der Waals surface area (Å²) in [7, 11) is 0. The standard InChI is InChI=1S/C12H8BrClN4O/c1-6-15-10(14)9-11(16-6)17-12(19)18(9)8-4-2-3-7(13)5-8/h2-5H,1H3,(H,15,16,17,19). The van der Waals surface area contributed by atoms with E-state index in [1.165, 1.54) is 4.57 Å². The lowest BCUT2D eigenvalue weighted by atomic mass is 10.3. The molecule has 96 valence electrons. The van der Waals surface area contributed by atoms with Crippen LogP contribution in [-0.2, 0) is 0 Å². The van der Waals surface area contributed by atoms with Crippen LogP contribution in [0.5, 0.6) is 0 Å². The number of halogens is 2. The molecular weight excluding hydrogens is 332 g/mol. The fraction of sp³-hybridized carbons (Fsp3) is 0.0833. The summed E-state index contributed by atoms with van der Waals surface area (Å²) in [6.07, 6.45) is 0. The number of rotatable bonds is 1. The predicted octanol–water partition coefficient (Wildman–Crippen LogP) is 2.83. The van der Waals surface area contributed by atoms with E-state index in [0.717, 1.165) is 4.47 Å². The third-order valence-corrected chi connectivity index (χ3v) is 3.43. The maximum Gasteiger partial charge on any atom is 0.332 e. The first-order valence-electron chi connectivity index (χ1n) is 5.47. The molecule has 0 atom stereocenters. The smallest absolute Gasteiger partial charge is 0.290 e. The minimum atomic E-state index is -0.296. The Bertz CT molecular complexity index is 839. The number of hydrogen-bond acceptors (Lipinski definition) is 3. The molecule has 1 N–H and O–H groups in total. The van der Waals surface area contributed by atoms with Crippen LogP contribution in [0.3, 0.4) is 0 Å². The lowest BCUT2D eigenvalue weighted by Gasteiger charge is -2.04. The molecule has 0 aliphatic carbocycles. The number of nitrogens with one attached hydrogen (secondary N) is 1. The minimum absolute atomic E-state index is 0.251. The Morgan fingerprint density at radius 2 is 2.16 bits per heavy atom. The average molecular weight is 340 g/mol. The van der Waals surface area contributed by atoms with Gasteiger partial charge in [0.1, 0.15) is 11.3 Å². The zero-order chi connectivity index (χ0) is 13.6. The van der Waals surface area contributed by atoms with Gasteiger partial charge < -0.3 is 0 Å². The molecule has 2 heterocycles. The molecular formula is C12H8BrClN4O. The van der Waals surface area contributed by atoms with Crippen molar-refractivity contribution in [1.82, 2.24) is 19.5 Å². The van der Waals surface area contributed by atoms with E-state index in [4.69, 9.17) is 11.6 Å². The molecule has 0 spiro atoms. The maximum atomic E-state index is 12.1. The van der Waals surface area contributed by atoms with Crippen LogP contribution < -0.4 is 5.69 Å². The van der Waals surface area contributed by atoms with Crippen molar-refractivity contribution >= 4 is 38.7 Å². The highest BCUT2D eigenvalue weighted by Crippen LogP contribution is 2.22.